The van der Waals surface area contributed by atoms with Gasteiger partial charge in [-0.25, -0.2) is 0 Å². The number of aryl methyl sites for hydroxylation is 1. The van der Waals surface area contributed by atoms with Gasteiger partial charge in [-0.05, 0) is 24.6 Å². The zero-order valence-corrected chi connectivity index (χ0v) is 15.0. The van der Waals surface area contributed by atoms with E-state index in [1.165, 1.54) is 21.3 Å². The number of aliphatic hydroxyl groups is 1. The SMILES string of the molecule is COc1cc(-c2noc(C(O)c3ccc(C)cc3)n2)cc(OC)c1OC. The lowest BCUT2D eigenvalue weighted by molar-refractivity contribution is 0.170. The van der Waals surface area contributed by atoms with Crippen molar-refractivity contribution in [3.05, 3.63) is 53.4 Å². The Morgan fingerprint density at radius 3 is 2.12 bits per heavy atom. The molecule has 0 radical (unpaired) electrons. The minimum absolute atomic E-state index is 0.109. The van der Waals surface area contributed by atoms with Gasteiger partial charge in [-0.15, -0.1) is 0 Å². The lowest BCUT2D eigenvalue weighted by Gasteiger charge is -2.12. The van der Waals surface area contributed by atoms with Crippen LogP contribution in [0.4, 0.5) is 0 Å². The molecule has 26 heavy (non-hydrogen) atoms. The van der Waals surface area contributed by atoms with Crippen molar-refractivity contribution in [1.29, 1.82) is 0 Å². The van der Waals surface area contributed by atoms with Crippen LogP contribution < -0.4 is 14.2 Å². The standard InChI is InChI=1S/C19H20N2O5/c1-11-5-7-12(8-6-11)16(22)19-20-18(21-26-19)13-9-14(23-2)17(25-4)15(10-13)24-3/h5-10,16,22H,1-4H3. The summed E-state index contributed by atoms with van der Waals surface area (Å²) in [4.78, 5) is 4.31. The van der Waals surface area contributed by atoms with Crippen LogP contribution in [0.25, 0.3) is 11.4 Å². The molecule has 7 nitrogen and oxygen atoms in total. The fourth-order valence-electron chi connectivity index (χ4n) is 2.57. The molecule has 0 spiro atoms. The molecule has 2 aromatic carbocycles. The van der Waals surface area contributed by atoms with Crippen LogP contribution in [-0.4, -0.2) is 36.6 Å². The van der Waals surface area contributed by atoms with Crippen molar-refractivity contribution < 1.29 is 23.8 Å². The van der Waals surface area contributed by atoms with Crippen LogP contribution in [0.3, 0.4) is 0 Å². The maximum Gasteiger partial charge on any atom is 0.260 e. The van der Waals surface area contributed by atoms with E-state index in [-0.39, 0.29) is 5.89 Å². The topological polar surface area (TPSA) is 86.8 Å². The smallest absolute Gasteiger partial charge is 0.260 e. The highest BCUT2D eigenvalue weighted by molar-refractivity contribution is 5.66. The summed E-state index contributed by atoms with van der Waals surface area (Å²) < 4.78 is 21.2. The van der Waals surface area contributed by atoms with Crippen molar-refractivity contribution in [2.45, 2.75) is 13.0 Å². The van der Waals surface area contributed by atoms with Crippen LogP contribution >= 0.6 is 0 Å². The normalized spacial score (nSPS) is 11.9. The number of hydrogen-bond acceptors (Lipinski definition) is 7. The third kappa shape index (κ3) is 3.34. The van der Waals surface area contributed by atoms with Gasteiger partial charge in [0.15, 0.2) is 17.6 Å². The predicted octanol–water partition coefficient (Wildman–Crippen LogP) is 3.15. The summed E-state index contributed by atoms with van der Waals surface area (Å²) in [6.45, 7) is 1.98. The minimum atomic E-state index is -1.00. The number of hydrogen-bond donors (Lipinski definition) is 1. The fraction of sp³-hybridized carbons (Fsp3) is 0.263. The Kier molecular flexibility index (Phi) is 5.09. The fourth-order valence-corrected chi connectivity index (χ4v) is 2.57. The highest BCUT2D eigenvalue weighted by Crippen LogP contribution is 2.40. The lowest BCUT2D eigenvalue weighted by atomic mass is 10.1. The molecule has 1 aromatic heterocycles. The molecule has 0 bridgehead atoms. The minimum Gasteiger partial charge on any atom is -0.493 e. The van der Waals surface area contributed by atoms with Crippen molar-refractivity contribution in [3.8, 4) is 28.6 Å². The molecule has 0 amide bonds. The quantitative estimate of drug-likeness (QED) is 0.726. The van der Waals surface area contributed by atoms with E-state index in [0.29, 0.717) is 34.2 Å². The van der Waals surface area contributed by atoms with E-state index < -0.39 is 6.10 Å². The zero-order valence-electron chi connectivity index (χ0n) is 15.0. The van der Waals surface area contributed by atoms with E-state index in [2.05, 4.69) is 10.1 Å². The molecule has 0 saturated carbocycles. The summed E-state index contributed by atoms with van der Waals surface area (Å²) in [6.07, 6.45) is -1.00. The van der Waals surface area contributed by atoms with Crippen LogP contribution in [-0.2, 0) is 0 Å². The number of benzene rings is 2. The molecule has 1 heterocycles. The number of aromatic nitrogens is 2. The molecule has 0 aliphatic carbocycles. The molecule has 1 N–H and O–H groups in total. The molecule has 7 heteroatoms. The van der Waals surface area contributed by atoms with Gasteiger partial charge >= 0.3 is 0 Å². The van der Waals surface area contributed by atoms with Gasteiger partial charge in [-0.2, -0.15) is 4.98 Å². The Hall–Kier alpha value is -3.06. The zero-order chi connectivity index (χ0) is 18.7. The van der Waals surface area contributed by atoms with Crippen molar-refractivity contribution in [1.82, 2.24) is 10.1 Å². The molecular weight excluding hydrogens is 336 g/mol. The Labute approximate surface area is 151 Å². The number of ether oxygens (including phenoxy) is 3. The number of nitrogens with zero attached hydrogens (tertiary/aromatic N) is 2. The van der Waals surface area contributed by atoms with Crippen LogP contribution in [0, 0.1) is 6.92 Å². The van der Waals surface area contributed by atoms with Crippen LogP contribution in [0.2, 0.25) is 0 Å². The molecule has 0 aliphatic heterocycles. The summed E-state index contributed by atoms with van der Waals surface area (Å²) in [5, 5.41) is 14.4. The van der Waals surface area contributed by atoms with Gasteiger partial charge in [0.25, 0.3) is 5.89 Å². The number of methoxy groups -OCH3 is 3. The van der Waals surface area contributed by atoms with Gasteiger partial charge in [-0.3, -0.25) is 0 Å². The summed E-state index contributed by atoms with van der Waals surface area (Å²) in [7, 11) is 4.60. The van der Waals surface area contributed by atoms with Gasteiger partial charge in [0.1, 0.15) is 0 Å². The second-order valence-electron chi connectivity index (χ2n) is 5.68. The molecule has 0 fully saturated rings. The van der Waals surface area contributed by atoms with Gasteiger partial charge in [0, 0.05) is 5.56 Å². The predicted molar refractivity (Wildman–Crippen MR) is 94.6 cm³/mol. The summed E-state index contributed by atoms with van der Waals surface area (Å²) >= 11 is 0. The first kappa shape index (κ1) is 17.8. The Bertz CT molecular complexity index is 864. The lowest BCUT2D eigenvalue weighted by Crippen LogP contribution is -2.00. The average Bonchev–Trinajstić information content (AvgIpc) is 3.17. The molecule has 3 aromatic rings. The summed E-state index contributed by atoms with van der Waals surface area (Å²) in [5.74, 6) is 1.85. The maximum absolute atomic E-state index is 10.5. The summed E-state index contributed by atoms with van der Waals surface area (Å²) in [5.41, 5.74) is 2.39. The van der Waals surface area contributed by atoms with Crippen molar-refractivity contribution >= 4 is 0 Å². The average molecular weight is 356 g/mol. The third-order valence-electron chi connectivity index (χ3n) is 3.99. The van der Waals surface area contributed by atoms with Crippen LogP contribution in [0.5, 0.6) is 17.2 Å². The first-order chi connectivity index (χ1) is 12.6. The summed E-state index contributed by atoms with van der Waals surface area (Å²) in [6, 6.07) is 10.9. The molecule has 3 rings (SSSR count). The van der Waals surface area contributed by atoms with E-state index in [1.807, 2.05) is 31.2 Å². The maximum atomic E-state index is 10.5. The second kappa shape index (κ2) is 7.45. The Balaban J connectivity index is 1.95. The van der Waals surface area contributed by atoms with E-state index in [4.69, 9.17) is 18.7 Å². The van der Waals surface area contributed by atoms with E-state index >= 15 is 0 Å². The van der Waals surface area contributed by atoms with Gasteiger partial charge in [0.2, 0.25) is 11.6 Å². The molecule has 1 unspecified atom stereocenters. The van der Waals surface area contributed by atoms with Gasteiger partial charge in [0.05, 0.1) is 21.3 Å². The number of rotatable bonds is 6. The molecule has 1 atom stereocenters. The molecule has 136 valence electrons. The van der Waals surface area contributed by atoms with E-state index in [1.54, 1.807) is 12.1 Å². The highest BCUT2D eigenvalue weighted by Gasteiger charge is 2.21. The molecule has 0 saturated heterocycles. The van der Waals surface area contributed by atoms with Gasteiger partial charge < -0.3 is 23.8 Å². The first-order valence-corrected chi connectivity index (χ1v) is 7.96. The second-order valence-corrected chi connectivity index (χ2v) is 5.68. The van der Waals surface area contributed by atoms with Crippen LogP contribution in [0.1, 0.15) is 23.1 Å². The Morgan fingerprint density at radius 1 is 0.962 bits per heavy atom. The first-order valence-electron chi connectivity index (χ1n) is 7.96. The van der Waals surface area contributed by atoms with Crippen molar-refractivity contribution in [2.75, 3.05) is 21.3 Å². The highest BCUT2D eigenvalue weighted by atomic mass is 16.5. The van der Waals surface area contributed by atoms with E-state index in [9.17, 15) is 5.11 Å². The molecular formula is C19H20N2O5. The van der Waals surface area contributed by atoms with Crippen molar-refractivity contribution in [2.24, 2.45) is 0 Å². The number of aliphatic hydroxyl groups excluding tert-OH is 1. The third-order valence-corrected chi connectivity index (χ3v) is 3.99. The van der Waals surface area contributed by atoms with E-state index in [0.717, 1.165) is 5.56 Å². The molecule has 0 aliphatic rings. The largest absolute Gasteiger partial charge is 0.493 e. The van der Waals surface area contributed by atoms with Crippen LogP contribution in [0.15, 0.2) is 40.9 Å². The van der Waals surface area contributed by atoms with Gasteiger partial charge in [-0.1, -0.05) is 35.0 Å². The monoisotopic (exact) mass is 356 g/mol. The Morgan fingerprint density at radius 2 is 1.58 bits per heavy atom. The van der Waals surface area contributed by atoms with Crippen molar-refractivity contribution in [3.63, 3.8) is 0 Å².